The minimum Gasteiger partial charge on any atom is -0.417 e. The molecule has 1 atom stereocenters. The van der Waals surface area contributed by atoms with Gasteiger partial charge in [0.25, 0.3) is 9.84 Å². The summed E-state index contributed by atoms with van der Waals surface area (Å²) in [5.41, 5.74) is -3.03. The summed E-state index contributed by atoms with van der Waals surface area (Å²) >= 11 is 0. The number of rotatable bonds is 4. The summed E-state index contributed by atoms with van der Waals surface area (Å²) in [6.45, 7) is -2.13. The zero-order chi connectivity index (χ0) is 22.3. The van der Waals surface area contributed by atoms with Gasteiger partial charge in [-0.2, -0.15) is 30.7 Å². The molecule has 0 aliphatic carbocycles. The number of hydrogen-bond donors (Lipinski definition) is 1. The fraction of sp³-hybridized carbons (Fsp3) is 0.667. The minimum atomic E-state index is -6.38. The van der Waals surface area contributed by atoms with Gasteiger partial charge in [-0.25, -0.2) is 12.8 Å². The molecule has 0 fully saturated rings. The Bertz CT molecular complexity index is 817. The van der Waals surface area contributed by atoms with Gasteiger partial charge in [0.05, 0.1) is 0 Å². The molecular weight excluding hydrogens is 434 g/mol. The standard InChI is InChI=1S/C12H13F8N3O4S/c1-10(2)5(13)8(23-27-10)28(24,25)12(19,20)4(6(21)11(16,17)18)7(22-3)26-9(14)15/h5,9H,21H2,1-3H3/b6-4+,22-7?. The van der Waals surface area contributed by atoms with E-state index in [4.69, 9.17) is 0 Å². The van der Waals surface area contributed by atoms with Gasteiger partial charge in [-0.1, -0.05) is 5.16 Å². The number of halogens is 8. The van der Waals surface area contributed by atoms with Crippen LogP contribution in [0, 0.1) is 0 Å². The number of allylic oxidation sites excluding steroid dienone is 1. The van der Waals surface area contributed by atoms with Crippen molar-refractivity contribution in [3.8, 4) is 0 Å². The van der Waals surface area contributed by atoms with Gasteiger partial charge < -0.3 is 15.3 Å². The summed E-state index contributed by atoms with van der Waals surface area (Å²) in [6, 6.07) is 0. The van der Waals surface area contributed by atoms with Crippen LogP contribution in [0.5, 0.6) is 0 Å². The lowest BCUT2D eigenvalue weighted by molar-refractivity contribution is -0.0961. The molecule has 0 saturated heterocycles. The van der Waals surface area contributed by atoms with Crippen LogP contribution in [0.4, 0.5) is 35.1 Å². The number of hydrogen-bond acceptors (Lipinski definition) is 7. The molecule has 0 bridgehead atoms. The van der Waals surface area contributed by atoms with Crippen LogP contribution in [0.1, 0.15) is 13.8 Å². The van der Waals surface area contributed by atoms with Crippen LogP contribution in [0.3, 0.4) is 0 Å². The second-order valence-corrected chi connectivity index (χ2v) is 7.64. The van der Waals surface area contributed by atoms with Crippen molar-refractivity contribution < 1.29 is 53.1 Å². The number of alkyl halides is 8. The van der Waals surface area contributed by atoms with Gasteiger partial charge in [-0.15, -0.1) is 0 Å². The lowest BCUT2D eigenvalue weighted by atomic mass is 10.1. The van der Waals surface area contributed by atoms with Gasteiger partial charge in [0.1, 0.15) is 11.3 Å². The molecule has 28 heavy (non-hydrogen) atoms. The topological polar surface area (TPSA) is 103 Å². The smallest absolute Gasteiger partial charge is 0.417 e. The summed E-state index contributed by atoms with van der Waals surface area (Å²) in [4.78, 5) is 7.04. The zero-order valence-corrected chi connectivity index (χ0v) is 15.0. The SMILES string of the molecule is CN=C(OC(F)F)/C(=C(\N)C(F)(F)F)C(F)(F)S(=O)(=O)C1=NOC(C)(C)C1F. The molecular formula is C12H13F8N3O4S. The molecule has 1 unspecified atom stereocenters. The van der Waals surface area contributed by atoms with Gasteiger partial charge in [0, 0.05) is 7.05 Å². The number of oxime groups is 1. The summed E-state index contributed by atoms with van der Waals surface area (Å²) in [7, 11) is -5.92. The monoisotopic (exact) mass is 447 g/mol. The Hall–Kier alpha value is -2.13. The van der Waals surface area contributed by atoms with Crippen molar-refractivity contribution in [3.05, 3.63) is 11.3 Å². The third kappa shape index (κ3) is 4.15. The van der Waals surface area contributed by atoms with Gasteiger partial charge >= 0.3 is 18.0 Å². The molecule has 162 valence electrons. The average Bonchev–Trinajstić information content (AvgIpc) is 2.79. The fourth-order valence-electron chi connectivity index (χ4n) is 1.85. The normalized spacial score (nSPS) is 21.9. The van der Waals surface area contributed by atoms with Gasteiger partial charge in [-0.05, 0) is 13.8 Å². The van der Waals surface area contributed by atoms with Crippen molar-refractivity contribution >= 4 is 20.8 Å². The molecule has 0 spiro atoms. The van der Waals surface area contributed by atoms with Crippen molar-refractivity contribution in [1.29, 1.82) is 0 Å². The molecule has 1 aliphatic heterocycles. The lowest BCUT2D eigenvalue weighted by Crippen LogP contribution is -2.47. The Morgan fingerprint density at radius 1 is 1.29 bits per heavy atom. The maximum atomic E-state index is 14.7. The molecule has 2 N–H and O–H groups in total. The van der Waals surface area contributed by atoms with E-state index in [2.05, 4.69) is 25.5 Å². The fourth-order valence-corrected chi connectivity index (χ4v) is 3.27. The van der Waals surface area contributed by atoms with Crippen molar-refractivity contribution in [1.82, 2.24) is 0 Å². The number of aliphatic imine (C=N–C) groups is 1. The molecule has 0 aromatic heterocycles. The second-order valence-electron chi connectivity index (χ2n) is 5.70. The van der Waals surface area contributed by atoms with Gasteiger partial charge in [-0.3, -0.25) is 4.99 Å². The zero-order valence-electron chi connectivity index (χ0n) is 14.2. The highest BCUT2D eigenvalue weighted by atomic mass is 32.2. The average molecular weight is 447 g/mol. The highest BCUT2D eigenvalue weighted by Crippen LogP contribution is 2.41. The van der Waals surface area contributed by atoms with Crippen LogP contribution in [0.25, 0.3) is 0 Å². The Balaban J connectivity index is 3.74. The predicted molar refractivity (Wildman–Crippen MR) is 79.1 cm³/mol. The predicted octanol–water partition coefficient (Wildman–Crippen LogP) is 2.50. The lowest BCUT2D eigenvalue weighted by Gasteiger charge is -2.24. The Kier molecular flexibility index (Phi) is 6.29. The first-order chi connectivity index (χ1) is 12.4. The van der Waals surface area contributed by atoms with E-state index in [-0.39, 0.29) is 0 Å². The highest BCUT2D eigenvalue weighted by molar-refractivity contribution is 8.07. The summed E-state index contributed by atoms with van der Waals surface area (Å²) in [5.74, 6) is -2.12. The molecule has 1 aliphatic rings. The quantitative estimate of drug-likeness (QED) is 0.405. The molecule has 0 aromatic rings. The van der Waals surface area contributed by atoms with E-state index in [1.54, 1.807) is 0 Å². The van der Waals surface area contributed by atoms with Crippen molar-refractivity contribution in [2.45, 2.75) is 43.7 Å². The van der Waals surface area contributed by atoms with Crippen LogP contribution in [-0.4, -0.2) is 56.2 Å². The third-order valence-electron chi connectivity index (χ3n) is 3.29. The second kappa shape index (κ2) is 7.36. The first-order valence-electron chi connectivity index (χ1n) is 6.93. The maximum Gasteiger partial charge on any atom is 0.431 e. The number of nitrogens with two attached hydrogens (primary N) is 1. The van der Waals surface area contributed by atoms with E-state index in [9.17, 15) is 43.5 Å². The van der Waals surface area contributed by atoms with Gasteiger partial charge in [0.2, 0.25) is 10.9 Å². The molecule has 16 heteroatoms. The largest absolute Gasteiger partial charge is 0.431 e. The first-order valence-corrected chi connectivity index (χ1v) is 8.41. The minimum absolute atomic E-state index is 0.460. The molecule has 0 amide bonds. The number of ether oxygens (including phenoxy) is 1. The number of sulfone groups is 1. The molecule has 0 aromatic carbocycles. The van der Waals surface area contributed by atoms with Crippen LogP contribution in [-0.2, 0) is 19.4 Å². The van der Waals surface area contributed by atoms with E-state index in [1.165, 1.54) is 0 Å². The Labute approximate surface area is 152 Å². The van der Waals surface area contributed by atoms with Crippen LogP contribution in [0.2, 0.25) is 0 Å². The number of nitrogens with zero attached hydrogens (tertiary/aromatic N) is 2. The molecule has 7 nitrogen and oxygen atoms in total. The van der Waals surface area contributed by atoms with E-state index < -0.39 is 61.9 Å². The van der Waals surface area contributed by atoms with Crippen molar-refractivity contribution in [2.75, 3.05) is 7.05 Å². The van der Waals surface area contributed by atoms with Crippen LogP contribution < -0.4 is 5.73 Å². The first kappa shape index (κ1) is 23.9. The van der Waals surface area contributed by atoms with E-state index in [0.29, 0.717) is 7.05 Å². The summed E-state index contributed by atoms with van der Waals surface area (Å²) in [5, 5.41) is -5.02. The Morgan fingerprint density at radius 3 is 2.11 bits per heavy atom. The summed E-state index contributed by atoms with van der Waals surface area (Å²) in [6.07, 6.45) is -8.62. The van der Waals surface area contributed by atoms with Crippen molar-refractivity contribution in [2.24, 2.45) is 15.9 Å². The highest BCUT2D eigenvalue weighted by Gasteiger charge is 2.62. The maximum absolute atomic E-state index is 14.7. The molecule has 0 saturated carbocycles. The van der Waals surface area contributed by atoms with Crippen LogP contribution in [0.15, 0.2) is 21.4 Å². The third-order valence-corrected chi connectivity index (χ3v) is 5.01. The summed E-state index contributed by atoms with van der Waals surface area (Å²) < 4.78 is 135. The molecule has 1 heterocycles. The molecule has 0 radical (unpaired) electrons. The molecule has 1 rings (SSSR count). The van der Waals surface area contributed by atoms with Gasteiger partial charge in [0.15, 0.2) is 11.8 Å². The van der Waals surface area contributed by atoms with E-state index in [0.717, 1.165) is 13.8 Å². The van der Waals surface area contributed by atoms with E-state index >= 15 is 0 Å². The van der Waals surface area contributed by atoms with Crippen molar-refractivity contribution in [3.63, 3.8) is 0 Å². The Morgan fingerprint density at radius 2 is 1.79 bits per heavy atom. The van der Waals surface area contributed by atoms with E-state index in [1.807, 2.05) is 0 Å². The van der Waals surface area contributed by atoms with Crippen LogP contribution >= 0.6 is 0 Å².